The third-order valence-corrected chi connectivity index (χ3v) is 4.19. The largest absolute Gasteiger partial charge is 0.394 e. The number of aliphatic hydroxyl groups excluding tert-OH is 1. The highest BCUT2D eigenvalue weighted by Gasteiger charge is 2.32. The van der Waals surface area contributed by atoms with Crippen LogP contribution in [0.1, 0.15) is 12.1 Å². The minimum absolute atomic E-state index is 0.213. The standard InChI is InChI=1S/C17H20FN3O5/c1-24-17(25-2)16-19-5-6-20(16)14-4-3-11(7-13(14)18)21-8-12(9-22)26-15(21)10-23/h3-7,10,12,15,17,22H,8-9H2,1-2H3/t12-,15?/m1/s1. The van der Waals surface area contributed by atoms with Crippen molar-refractivity contribution < 1.29 is 28.5 Å². The molecule has 1 aliphatic rings. The van der Waals surface area contributed by atoms with Crippen LogP contribution in [0, 0.1) is 5.82 Å². The molecule has 0 radical (unpaired) electrons. The van der Waals surface area contributed by atoms with Crippen molar-refractivity contribution in [2.24, 2.45) is 0 Å². The van der Waals surface area contributed by atoms with Gasteiger partial charge in [-0.05, 0) is 18.2 Å². The molecule has 1 N–H and O–H groups in total. The molecule has 8 nitrogen and oxygen atoms in total. The van der Waals surface area contributed by atoms with Crippen molar-refractivity contribution in [3.63, 3.8) is 0 Å². The Morgan fingerprint density at radius 3 is 2.85 bits per heavy atom. The number of benzene rings is 1. The van der Waals surface area contributed by atoms with Gasteiger partial charge in [0.25, 0.3) is 0 Å². The van der Waals surface area contributed by atoms with Crippen molar-refractivity contribution in [3.8, 4) is 5.69 Å². The number of hydrogen-bond donors (Lipinski definition) is 1. The van der Waals surface area contributed by atoms with E-state index >= 15 is 0 Å². The fourth-order valence-corrected chi connectivity index (χ4v) is 2.97. The molecule has 3 rings (SSSR count). The zero-order valence-corrected chi connectivity index (χ0v) is 14.4. The first-order valence-corrected chi connectivity index (χ1v) is 8.00. The molecule has 1 fully saturated rings. The van der Waals surface area contributed by atoms with Crippen LogP contribution < -0.4 is 4.90 Å². The molecular formula is C17H20FN3O5. The number of aldehydes is 1. The van der Waals surface area contributed by atoms with Crippen LogP contribution in [0.2, 0.25) is 0 Å². The highest BCUT2D eigenvalue weighted by Crippen LogP contribution is 2.28. The lowest BCUT2D eigenvalue weighted by Crippen LogP contribution is -2.31. The molecule has 2 aromatic rings. The van der Waals surface area contributed by atoms with E-state index in [1.54, 1.807) is 23.2 Å². The molecular weight excluding hydrogens is 345 g/mol. The Hall–Kier alpha value is -2.33. The van der Waals surface area contributed by atoms with Gasteiger partial charge in [-0.1, -0.05) is 0 Å². The molecule has 0 spiro atoms. The number of methoxy groups -OCH3 is 2. The summed E-state index contributed by atoms with van der Waals surface area (Å²) in [6, 6.07) is 4.57. The number of carbonyl (C=O) groups is 1. The fourth-order valence-electron chi connectivity index (χ4n) is 2.97. The molecule has 0 bridgehead atoms. The number of aromatic nitrogens is 2. The van der Waals surface area contributed by atoms with E-state index in [2.05, 4.69) is 4.98 Å². The van der Waals surface area contributed by atoms with Crippen molar-refractivity contribution in [1.29, 1.82) is 0 Å². The summed E-state index contributed by atoms with van der Waals surface area (Å²) in [7, 11) is 2.94. The maximum Gasteiger partial charge on any atom is 0.217 e. The quantitative estimate of drug-likeness (QED) is 0.579. The normalized spacial score (nSPS) is 20.1. The Morgan fingerprint density at radius 1 is 1.46 bits per heavy atom. The van der Waals surface area contributed by atoms with E-state index in [0.29, 0.717) is 24.3 Å². The van der Waals surface area contributed by atoms with E-state index < -0.39 is 24.4 Å². The second kappa shape index (κ2) is 7.92. The lowest BCUT2D eigenvalue weighted by atomic mass is 10.2. The maximum atomic E-state index is 14.8. The third kappa shape index (κ3) is 3.34. The monoisotopic (exact) mass is 365 g/mol. The highest BCUT2D eigenvalue weighted by atomic mass is 19.1. The van der Waals surface area contributed by atoms with Crippen molar-refractivity contribution in [2.75, 3.05) is 32.3 Å². The van der Waals surface area contributed by atoms with E-state index in [4.69, 9.17) is 14.2 Å². The maximum absolute atomic E-state index is 14.8. The first-order chi connectivity index (χ1) is 12.6. The topological polar surface area (TPSA) is 86.1 Å². The molecule has 9 heteroatoms. The number of ether oxygens (including phenoxy) is 3. The molecule has 1 aliphatic heterocycles. The van der Waals surface area contributed by atoms with Crippen LogP contribution in [0.5, 0.6) is 0 Å². The average Bonchev–Trinajstić information content (AvgIpc) is 3.29. The summed E-state index contributed by atoms with van der Waals surface area (Å²) in [4.78, 5) is 17.0. The van der Waals surface area contributed by atoms with Gasteiger partial charge in [0.2, 0.25) is 6.29 Å². The van der Waals surface area contributed by atoms with Gasteiger partial charge in [-0.3, -0.25) is 9.36 Å². The minimum Gasteiger partial charge on any atom is -0.394 e. The van der Waals surface area contributed by atoms with E-state index in [1.165, 1.54) is 31.0 Å². The fraction of sp³-hybridized carbons (Fsp3) is 0.412. The number of imidazole rings is 1. The summed E-state index contributed by atoms with van der Waals surface area (Å²) in [5, 5.41) is 9.22. The Bertz CT molecular complexity index is 765. The number of nitrogens with zero attached hydrogens (tertiary/aromatic N) is 3. The van der Waals surface area contributed by atoms with Gasteiger partial charge in [0.15, 0.2) is 18.3 Å². The van der Waals surface area contributed by atoms with Crippen molar-refractivity contribution >= 4 is 12.0 Å². The Morgan fingerprint density at radius 2 is 2.23 bits per heavy atom. The lowest BCUT2D eigenvalue weighted by Gasteiger charge is -2.22. The predicted octanol–water partition coefficient (Wildman–Crippen LogP) is 1.03. The van der Waals surface area contributed by atoms with Crippen molar-refractivity contribution in [3.05, 3.63) is 42.2 Å². The molecule has 0 amide bonds. The van der Waals surface area contributed by atoms with Crippen LogP contribution in [-0.4, -0.2) is 60.6 Å². The number of anilines is 1. The molecule has 0 aliphatic carbocycles. The molecule has 1 aromatic heterocycles. The van der Waals surface area contributed by atoms with Crippen LogP contribution in [0.15, 0.2) is 30.6 Å². The summed E-state index contributed by atoms with van der Waals surface area (Å²) in [5.41, 5.74) is 0.748. The van der Waals surface area contributed by atoms with Gasteiger partial charge >= 0.3 is 0 Å². The molecule has 1 aromatic carbocycles. The summed E-state index contributed by atoms with van der Waals surface area (Å²) >= 11 is 0. The van der Waals surface area contributed by atoms with Gasteiger partial charge in [-0.25, -0.2) is 9.37 Å². The third-order valence-electron chi connectivity index (χ3n) is 4.19. The van der Waals surface area contributed by atoms with Crippen molar-refractivity contribution in [1.82, 2.24) is 9.55 Å². The lowest BCUT2D eigenvalue weighted by molar-refractivity contribution is -0.117. The van der Waals surface area contributed by atoms with Gasteiger partial charge in [-0.2, -0.15) is 0 Å². The number of aliphatic hydroxyl groups is 1. The molecule has 2 heterocycles. The van der Waals surface area contributed by atoms with Crippen LogP contribution in [0.4, 0.5) is 10.1 Å². The van der Waals surface area contributed by atoms with Gasteiger partial charge in [0.1, 0.15) is 11.9 Å². The van der Waals surface area contributed by atoms with Gasteiger partial charge in [0.05, 0.1) is 12.3 Å². The molecule has 1 unspecified atom stereocenters. The van der Waals surface area contributed by atoms with E-state index in [9.17, 15) is 14.3 Å². The summed E-state index contributed by atoms with van der Waals surface area (Å²) < 4.78 is 32.1. The Balaban J connectivity index is 1.92. The Kier molecular flexibility index (Phi) is 5.62. The number of hydrogen-bond acceptors (Lipinski definition) is 7. The molecule has 1 saturated heterocycles. The smallest absolute Gasteiger partial charge is 0.217 e. The van der Waals surface area contributed by atoms with Crippen LogP contribution in [-0.2, 0) is 19.0 Å². The number of halogens is 1. The first-order valence-electron chi connectivity index (χ1n) is 8.00. The number of rotatable bonds is 7. The van der Waals surface area contributed by atoms with Gasteiger partial charge in [0, 0.05) is 38.8 Å². The van der Waals surface area contributed by atoms with E-state index in [1.807, 2.05) is 0 Å². The minimum atomic E-state index is -0.854. The molecule has 26 heavy (non-hydrogen) atoms. The summed E-state index contributed by atoms with van der Waals surface area (Å²) in [5.74, 6) is -0.109. The van der Waals surface area contributed by atoms with Crippen LogP contribution in [0.25, 0.3) is 5.69 Å². The van der Waals surface area contributed by atoms with Gasteiger partial charge in [-0.15, -0.1) is 0 Å². The average molecular weight is 365 g/mol. The zero-order valence-electron chi connectivity index (χ0n) is 14.4. The molecule has 2 atom stereocenters. The van der Waals surface area contributed by atoms with E-state index in [0.717, 1.165) is 0 Å². The van der Waals surface area contributed by atoms with Crippen LogP contribution in [0.3, 0.4) is 0 Å². The predicted molar refractivity (Wildman–Crippen MR) is 89.4 cm³/mol. The number of carbonyl (C=O) groups excluding carboxylic acids is 1. The molecule has 140 valence electrons. The summed E-state index contributed by atoms with van der Waals surface area (Å²) in [6.07, 6.45) is 1.67. The Labute approximate surface area is 149 Å². The van der Waals surface area contributed by atoms with Gasteiger partial charge < -0.3 is 24.2 Å². The second-order valence-electron chi connectivity index (χ2n) is 5.71. The van der Waals surface area contributed by atoms with Crippen molar-refractivity contribution in [2.45, 2.75) is 18.6 Å². The van der Waals surface area contributed by atoms with E-state index in [-0.39, 0.29) is 12.3 Å². The van der Waals surface area contributed by atoms with Crippen LogP contribution >= 0.6 is 0 Å². The first kappa shape index (κ1) is 18.5. The second-order valence-corrected chi connectivity index (χ2v) is 5.71. The zero-order chi connectivity index (χ0) is 18.7. The molecule has 0 saturated carbocycles. The SMILES string of the molecule is COC(OC)c1nccn1-c1ccc(N2C[C@H](CO)OC2C=O)cc1F. The highest BCUT2D eigenvalue weighted by molar-refractivity contribution is 5.66. The summed E-state index contributed by atoms with van der Waals surface area (Å²) in [6.45, 7) is 0.0830.